The molecule has 0 radical (unpaired) electrons. The number of nitrogens with one attached hydrogen (secondary N) is 2. The van der Waals surface area contributed by atoms with Crippen LogP contribution in [0.3, 0.4) is 0 Å². The third-order valence-corrected chi connectivity index (χ3v) is 6.31. The minimum Gasteiger partial charge on any atom is -0.490 e. The molecule has 168 valence electrons. The molecule has 3 rings (SSSR count). The van der Waals surface area contributed by atoms with Gasteiger partial charge in [0, 0.05) is 5.69 Å². The standard InChI is InChI=1S/C23H23BrN2O4S2/c1-5-29-17-9-15(10-18-22(28)26-23(31)32-18)8-16(24)21(17)30-11-19(27)25-20-13(3)6-12(2)7-14(20)4/h6-10H,5,11H2,1-4H3,(H,25,27)(H,26,28,31)/b18-10-. The van der Waals surface area contributed by atoms with Gasteiger partial charge in [-0.05, 0) is 78.5 Å². The van der Waals surface area contributed by atoms with Gasteiger partial charge in [0.25, 0.3) is 11.8 Å². The van der Waals surface area contributed by atoms with E-state index in [2.05, 4.69) is 26.6 Å². The van der Waals surface area contributed by atoms with Crippen LogP contribution in [0.15, 0.2) is 33.6 Å². The van der Waals surface area contributed by atoms with Crippen LogP contribution in [-0.4, -0.2) is 29.3 Å². The topological polar surface area (TPSA) is 76.7 Å². The third kappa shape index (κ3) is 5.90. The van der Waals surface area contributed by atoms with Crippen LogP contribution in [-0.2, 0) is 9.59 Å². The van der Waals surface area contributed by atoms with Gasteiger partial charge < -0.3 is 20.1 Å². The van der Waals surface area contributed by atoms with E-state index < -0.39 is 0 Å². The second-order valence-electron chi connectivity index (χ2n) is 7.23. The number of thiocarbonyl (C=S) groups is 1. The van der Waals surface area contributed by atoms with Crippen molar-refractivity contribution in [3.63, 3.8) is 0 Å². The molecule has 32 heavy (non-hydrogen) atoms. The Hall–Kier alpha value is -2.36. The number of rotatable bonds is 7. The molecule has 1 heterocycles. The van der Waals surface area contributed by atoms with Gasteiger partial charge >= 0.3 is 0 Å². The molecule has 0 saturated carbocycles. The van der Waals surface area contributed by atoms with E-state index >= 15 is 0 Å². The predicted octanol–water partition coefficient (Wildman–Crippen LogP) is 5.28. The van der Waals surface area contributed by atoms with Gasteiger partial charge in [0.15, 0.2) is 18.1 Å². The van der Waals surface area contributed by atoms with Gasteiger partial charge in [-0.25, -0.2) is 0 Å². The molecule has 0 atom stereocenters. The Balaban J connectivity index is 1.77. The van der Waals surface area contributed by atoms with Crippen molar-refractivity contribution in [2.24, 2.45) is 0 Å². The van der Waals surface area contributed by atoms with Crippen molar-refractivity contribution in [2.75, 3.05) is 18.5 Å². The van der Waals surface area contributed by atoms with Crippen molar-refractivity contribution < 1.29 is 19.1 Å². The first kappa shape index (κ1) is 24.3. The minimum atomic E-state index is -0.270. The molecule has 2 amide bonds. The van der Waals surface area contributed by atoms with Crippen LogP contribution in [0.1, 0.15) is 29.2 Å². The van der Waals surface area contributed by atoms with Crippen LogP contribution in [0.5, 0.6) is 11.5 Å². The zero-order chi connectivity index (χ0) is 23.4. The van der Waals surface area contributed by atoms with Crippen LogP contribution in [0.2, 0.25) is 0 Å². The fourth-order valence-corrected chi connectivity index (χ4v) is 4.96. The number of amides is 2. The molecule has 0 spiro atoms. The number of ether oxygens (including phenoxy) is 2. The van der Waals surface area contributed by atoms with Gasteiger partial charge in [0.1, 0.15) is 4.32 Å². The molecule has 6 nitrogen and oxygen atoms in total. The van der Waals surface area contributed by atoms with Crippen molar-refractivity contribution >= 4 is 67.8 Å². The number of carbonyl (C=O) groups is 2. The zero-order valence-electron chi connectivity index (χ0n) is 18.1. The normalized spacial score (nSPS) is 14.5. The maximum absolute atomic E-state index is 12.6. The molecule has 1 aliphatic rings. The van der Waals surface area contributed by atoms with Crippen molar-refractivity contribution in [2.45, 2.75) is 27.7 Å². The van der Waals surface area contributed by atoms with Crippen molar-refractivity contribution in [1.82, 2.24) is 5.32 Å². The molecular formula is C23H23BrN2O4S2. The summed E-state index contributed by atoms with van der Waals surface area (Å²) in [7, 11) is 0. The van der Waals surface area contributed by atoms with E-state index in [4.69, 9.17) is 21.7 Å². The van der Waals surface area contributed by atoms with Gasteiger partial charge in [0.05, 0.1) is 16.0 Å². The summed E-state index contributed by atoms with van der Waals surface area (Å²) in [5, 5.41) is 5.52. The number of hydrogen-bond donors (Lipinski definition) is 2. The first-order valence-electron chi connectivity index (χ1n) is 9.89. The van der Waals surface area contributed by atoms with Gasteiger partial charge in [-0.15, -0.1) is 0 Å². The molecular weight excluding hydrogens is 512 g/mol. The van der Waals surface area contributed by atoms with E-state index in [0.29, 0.717) is 31.8 Å². The highest BCUT2D eigenvalue weighted by atomic mass is 79.9. The third-order valence-electron chi connectivity index (χ3n) is 4.56. The maximum atomic E-state index is 12.6. The lowest BCUT2D eigenvalue weighted by Crippen LogP contribution is -2.21. The monoisotopic (exact) mass is 534 g/mol. The highest BCUT2D eigenvalue weighted by molar-refractivity contribution is 9.10. The van der Waals surface area contributed by atoms with E-state index in [0.717, 1.165) is 27.9 Å². The molecule has 2 N–H and O–H groups in total. The molecule has 9 heteroatoms. The summed E-state index contributed by atoms with van der Waals surface area (Å²) in [5.74, 6) is 0.386. The van der Waals surface area contributed by atoms with Gasteiger partial charge in [-0.3, -0.25) is 9.59 Å². The number of hydrogen-bond acceptors (Lipinski definition) is 6. The van der Waals surface area contributed by atoms with E-state index in [1.165, 1.54) is 11.8 Å². The SMILES string of the molecule is CCOc1cc(/C=C2\SC(=S)NC2=O)cc(Br)c1OCC(=O)Nc1c(C)cc(C)cc1C. The summed E-state index contributed by atoms with van der Waals surface area (Å²) in [6, 6.07) is 7.61. The highest BCUT2D eigenvalue weighted by Gasteiger charge is 2.23. The first-order valence-corrected chi connectivity index (χ1v) is 11.9. The summed E-state index contributed by atoms with van der Waals surface area (Å²) in [4.78, 5) is 25.0. The fraction of sp³-hybridized carbons (Fsp3) is 0.261. The summed E-state index contributed by atoms with van der Waals surface area (Å²) in [6.45, 7) is 8.03. The zero-order valence-corrected chi connectivity index (χ0v) is 21.3. The van der Waals surface area contributed by atoms with Crippen molar-refractivity contribution in [1.29, 1.82) is 0 Å². The van der Waals surface area contributed by atoms with Crippen molar-refractivity contribution in [3.8, 4) is 11.5 Å². The highest BCUT2D eigenvalue weighted by Crippen LogP contribution is 2.38. The van der Waals surface area contributed by atoms with E-state index in [1.54, 1.807) is 18.2 Å². The summed E-state index contributed by atoms with van der Waals surface area (Å²) < 4.78 is 12.6. The molecule has 1 fully saturated rings. The van der Waals surface area contributed by atoms with Crippen LogP contribution in [0.25, 0.3) is 6.08 Å². The second kappa shape index (κ2) is 10.5. The van der Waals surface area contributed by atoms with Crippen LogP contribution in [0.4, 0.5) is 5.69 Å². The Morgan fingerprint density at radius 3 is 2.47 bits per heavy atom. The Morgan fingerprint density at radius 1 is 1.19 bits per heavy atom. The first-order chi connectivity index (χ1) is 15.2. The van der Waals surface area contributed by atoms with Crippen molar-refractivity contribution in [3.05, 3.63) is 55.9 Å². The number of aryl methyl sites for hydroxylation is 3. The average Bonchev–Trinajstić information content (AvgIpc) is 3.01. The van der Waals surface area contributed by atoms with Gasteiger partial charge in [-0.1, -0.05) is 41.7 Å². The number of carbonyl (C=O) groups excluding carboxylic acids is 2. The molecule has 0 bridgehead atoms. The molecule has 2 aromatic carbocycles. The molecule has 0 aromatic heterocycles. The molecule has 0 unspecified atom stereocenters. The number of thioether (sulfide) groups is 1. The lowest BCUT2D eigenvalue weighted by atomic mass is 10.1. The fourth-order valence-electron chi connectivity index (χ4n) is 3.34. The maximum Gasteiger partial charge on any atom is 0.263 e. The summed E-state index contributed by atoms with van der Waals surface area (Å²) in [5.41, 5.74) is 4.67. The second-order valence-corrected chi connectivity index (χ2v) is 9.80. The Morgan fingerprint density at radius 2 is 1.88 bits per heavy atom. The molecule has 1 saturated heterocycles. The number of anilines is 1. The molecule has 1 aliphatic heterocycles. The van der Waals surface area contributed by atoms with E-state index in [-0.39, 0.29) is 18.4 Å². The van der Waals surface area contributed by atoms with Gasteiger partial charge in [0.2, 0.25) is 0 Å². The van der Waals surface area contributed by atoms with Gasteiger partial charge in [-0.2, -0.15) is 0 Å². The van der Waals surface area contributed by atoms with Crippen LogP contribution >= 0.6 is 39.9 Å². The van der Waals surface area contributed by atoms with E-state index in [9.17, 15) is 9.59 Å². The molecule has 2 aromatic rings. The Kier molecular flexibility index (Phi) is 7.97. The summed E-state index contributed by atoms with van der Waals surface area (Å²) in [6.07, 6.45) is 1.73. The average molecular weight is 535 g/mol. The largest absolute Gasteiger partial charge is 0.490 e. The summed E-state index contributed by atoms with van der Waals surface area (Å²) >= 11 is 9.73. The Labute approximate surface area is 205 Å². The Bertz CT molecular complexity index is 1110. The quantitative estimate of drug-likeness (QED) is 0.371. The smallest absolute Gasteiger partial charge is 0.263 e. The van der Waals surface area contributed by atoms with Crippen LogP contribution in [0, 0.1) is 20.8 Å². The molecule has 0 aliphatic carbocycles. The lowest BCUT2D eigenvalue weighted by molar-refractivity contribution is -0.118. The number of halogens is 1. The van der Waals surface area contributed by atoms with Crippen LogP contribution < -0.4 is 20.1 Å². The lowest BCUT2D eigenvalue weighted by Gasteiger charge is -2.16. The minimum absolute atomic E-state index is 0.182. The number of benzene rings is 2. The predicted molar refractivity (Wildman–Crippen MR) is 136 cm³/mol. The van der Waals surface area contributed by atoms with E-state index in [1.807, 2.05) is 39.8 Å².